The molecule has 0 unspecified atom stereocenters. The third-order valence-electron chi connectivity index (χ3n) is 2.94. The van der Waals surface area contributed by atoms with Gasteiger partial charge < -0.3 is 5.32 Å². The van der Waals surface area contributed by atoms with Gasteiger partial charge >= 0.3 is 0 Å². The second kappa shape index (κ2) is 6.66. The van der Waals surface area contributed by atoms with Crippen LogP contribution >= 0.6 is 23.4 Å². The van der Waals surface area contributed by atoms with Crippen molar-refractivity contribution in [1.29, 1.82) is 0 Å². The summed E-state index contributed by atoms with van der Waals surface area (Å²) in [5.74, 6) is 0. The number of hydrogen-bond donors (Lipinski definition) is 1. The van der Waals surface area contributed by atoms with Gasteiger partial charge in [-0.25, -0.2) is 0 Å². The minimum atomic E-state index is 0.433. The maximum atomic E-state index is 6.35. The maximum absolute atomic E-state index is 6.35. The first-order chi connectivity index (χ1) is 9.47. The quantitative estimate of drug-likeness (QED) is 0.904. The van der Waals surface area contributed by atoms with Crippen molar-refractivity contribution in [3.8, 4) is 0 Å². The molecule has 2 aromatic rings. The number of nitrogens with one attached hydrogen (secondary N) is 1. The lowest BCUT2D eigenvalue weighted by molar-refractivity contribution is 0.584. The molecule has 0 atom stereocenters. The second-order valence-electron chi connectivity index (χ2n) is 5.10. The van der Waals surface area contributed by atoms with Gasteiger partial charge in [0.25, 0.3) is 0 Å². The molecule has 1 aromatic heterocycles. The fraction of sp³-hybridized carbons (Fsp3) is 0.400. The first-order valence-corrected chi connectivity index (χ1v) is 7.86. The Balaban J connectivity index is 2.26. The number of aryl methyl sites for hydroxylation is 2. The first kappa shape index (κ1) is 15.4. The highest BCUT2D eigenvalue weighted by Gasteiger charge is 2.11. The lowest BCUT2D eigenvalue weighted by Gasteiger charge is -2.14. The Morgan fingerprint density at radius 3 is 2.75 bits per heavy atom. The minimum Gasteiger partial charge on any atom is -0.310 e. The fourth-order valence-corrected chi connectivity index (χ4v) is 3.28. The molecule has 108 valence electrons. The third-order valence-corrected chi connectivity index (χ3v) is 4.48. The zero-order valence-corrected chi connectivity index (χ0v) is 13.8. The molecule has 20 heavy (non-hydrogen) atoms. The summed E-state index contributed by atoms with van der Waals surface area (Å²) in [6, 6.07) is 8.56. The predicted molar refractivity (Wildman–Crippen MR) is 85.5 cm³/mol. The Morgan fingerprint density at radius 2 is 2.15 bits per heavy atom. The van der Waals surface area contributed by atoms with E-state index in [1.54, 1.807) is 11.8 Å². The van der Waals surface area contributed by atoms with Gasteiger partial charge in [-0.2, -0.15) is 5.10 Å². The molecule has 5 heteroatoms. The van der Waals surface area contributed by atoms with Crippen molar-refractivity contribution in [2.75, 3.05) is 0 Å². The van der Waals surface area contributed by atoms with Crippen LogP contribution in [0, 0.1) is 6.92 Å². The van der Waals surface area contributed by atoms with Crippen molar-refractivity contribution in [2.24, 2.45) is 7.05 Å². The molecule has 0 bridgehead atoms. The molecule has 3 nitrogen and oxygen atoms in total. The summed E-state index contributed by atoms with van der Waals surface area (Å²) >= 11 is 8.05. The van der Waals surface area contributed by atoms with E-state index < -0.39 is 0 Å². The largest absolute Gasteiger partial charge is 0.310 e. The van der Waals surface area contributed by atoms with Crippen LogP contribution in [0.4, 0.5) is 0 Å². The number of halogens is 1. The number of aromatic nitrogens is 2. The van der Waals surface area contributed by atoms with E-state index in [4.69, 9.17) is 11.6 Å². The van der Waals surface area contributed by atoms with Crippen LogP contribution in [0.25, 0.3) is 0 Å². The van der Waals surface area contributed by atoms with E-state index in [1.165, 1.54) is 4.90 Å². The lowest BCUT2D eigenvalue weighted by atomic mass is 10.2. The minimum absolute atomic E-state index is 0.433. The van der Waals surface area contributed by atoms with Crippen LogP contribution in [0.15, 0.2) is 34.2 Å². The van der Waals surface area contributed by atoms with Crippen LogP contribution in [0.1, 0.15) is 25.1 Å². The van der Waals surface area contributed by atoms with Crippen molar-refractivity contribution in [3.63, 3.8) is 0 Å². The van der Waals surface area contributed by atoms with Crippen LogP contribution in [0.2, 0.25) is 5.02 Å². The number of rotatable bonds is 5. The van der Waals surface area contributed by atoms with Gasteiger partial charge in [0.1, 0.15) is 0 Å². The standard InChI is InChI=1S/C15H20ClN3S/c1-10(2)17-9-12-13(16)6-5-7-14(12)20-15-8-11(3)18-19(15)4/h5-8,10,17H,9H2,1-4H3. The molecule has 1 heterocycles. The molecule has 2 rings (SSSR count). The topological polar surface area (TPSA) is 29.9 Å². The van der Waals surface area contributed by atoms with Gasteiger partial charge in [0.05, 0.1) is 10.7 Å². The van der Waals surface area contributed by atoms with Crippen molar-refractivity contribution in [1.82, 2.24) is 15.1 Å². The average molecular weight is 310 g/mol. The van der Waals surface area contributed by atoms with E-state index in [2.05, 4.69) is 36.4 Å². The van der Waals surface area contributed by atoms with Crippen molar-refractivity contribution < 1.29 is 0 Å². The van der Waals surface area contributed by atoms with Crippen LogP contribution in [-0.4, -0.2) is 15.8 Å². The zero-order valence-electron chi connectivity index (χ0n) is 12.3. The Morgan fingerprint density at radius 1 is 1.40 bits per heavy atom. The van der Waals surface area contributed by atoms with Crippen LogP contribution < -0.4 is 5.32 Å². The highest BCUT2D eigenvalue weighted by molar-refractivity contribution is 7.99. The summed E-state index contributed by atoms with van der Waals surface area (Å²) < 4.78 is 1.90. The number of nitrogens with zero attached hydrogens (tertiary/aromatic N) is 2. The molecule has 1 N–H and O–H groups in total. The van der Waals surface area contributed by atoms with Gasteiger partial charge in [-0.05, 0) is 30.7 Å². The molecular weight excluding hydrogens is 290 g/mol. The van der Waals surface area contributed by atoms with E-state index in [0.29, 0.717) is 6.04 Å². The molecule has 0 aliphatic rings. The summed E-state index contributed by atoms with van der Waals surface area (Å²) in [5.41, 5.74) is 2.17. The lowest BCUT2D eigenvalue weighted by Crippen LogP contribution is -2.22. The SMILES string of the molecule is Cc1cc(Sc2cccc(Cl)c2CNC(C)C)n(C)n1. The highest BCUT2D eigenvalue weighted by Crippen LogP contribution is 2.33. The van der Waals surface area contributed by atoms with Gasteiger partial charge in [0.2, 0.25) is 0 Å². The van der Waals surface area contributed by atoms with Crippen molar-refractivity contribution in [3.05, 3.63) is 40.5 Å². The molecule has 0 spiro atoms. The van der Waals surface area contributed by atoms with Crippen LogP contribution in [-0.2, 0) is 13.6 Å². The number of benzene rings is 1. The van der Waals surface area contributed by atoms with Crippen molar-refractivity contribution >= 4 is 23.4 Å². The van der Waals surface area contributed by atoms with Gasteiger partial charge in [-0.15, -0.1) is 0 Å². The predicted octanol–water partition coefficient (Wildman–Crippen LogP) is 4.03. The summed E-state index contributed by atoms with van der Waals surface area (Å²) in [4.78, 5) is 1.17. The summed E-state index contributed by atoms with van der Waals surface area (Å²) in [6.07, 6.45) is 0. The molecule has 0 saturated heterocycles. The molecule has 0 fully saturated rings. The Kier molecular flexibility index (Phi) is 5.13. The van der Waals surface area contributed by atoms with Crippen molar-refractivity contribution in [2.45, 2.75) is 43.3 Å². The fourth-order valence-electron chi connectivity index (χ4n) is 1.91. The molecule has 0 aliphatic heterocycles. The monoisotopic (exact) mass is 309 g/mol. The zero-order chi connectivity index (χ0) is 14.7. The molecular formula is C15H20ClN3S. The van der Waals surface area contributed by atoms with Gasteiger partial charge in [-0.3, -0.25) is 4.68 Å². The Labute approximate surface area is 129 Å². The summed E-state index contributed by atoms with van der Waals surface area (Å²) in [5, 5.41) is 9.74. The molecule has 1 aromatic carbocycles. The van der Waals surface area contributed by atoms with E-state index in [9.17, 15) is 0 Å². The van der Waals surface area contributed by atoms with E-state index in [-0.39, 0.29) is 0 Å². The van der Waals surface area contributed by atoms with Gasteiger partial charge in [0, 0.05) is 29.6 Å². The van der Waals surface area contributed by atoms with E-state index in [1.807, 2.05) is 30.8 Å². The molecule has 0 saturated carbocycles. The second-order valence-corrected chi connectivity index (χ2v) is 6.57. The van der Waals surface area contributed by atoms with E-state index in [0.717, 1.165) is 27.9 Å². The van der Waals surface area contributed by atoms with Crippen LogP contribution in [0.3, 0.4) is 0 Å². The third kappa shape index (κ3) is 3.78. The molecule has 0 amide bonds. The Hall–Kier alpha value is -0.970. The molecule has 0 radical (unpaired) electrons. The number of hydrogen-bond acceptors (Lipinski definition) is 3. The smallest absolute Gasteiger partial charge is 0.0987 e. The maximum Gasteiger partial charge on any atom is 0.0987 e. The highest BCUT2D eigenvalue weighted by atomic mass is 35.5. The first-order valence-electron chi connectivity index (χ1n) is 6.66. The average Bonchev–Trinajstić information content (AvgIpc) is 2.67. The molecule has 0 aliphatic carbocycles. The summed E-state index contributed by atoms with van der Waals surface area (Å²) in [6.45, 7) is 7.04. The van der Waals surface area contributed by atoms with Crippen LogP contribution in [0.5, 0.6) is 0 Å². The van der Waals surface area contributed by atoms with Gasteiger partial charge in [-0.1, -0.05) is 43.3 Å². The normalized spacial score (nSPS) is 11.3. The van der Waals surface area contributed by atoms with E-state index >= 15 is 0 Å². The Bertz CT molecular complexity index is 593. The summed E-state index contributed by atoms with van der Waals surface area (Å²) in [7, 11) is 1.96. The van der Waals surface area contributed by atoms with Gasteiger partial charge in [0.15, 0.2) is 0 Å².